The Morgan fingerprint density at radius 3 is 2.73 bits per heavy atom. The zero-order valence-corrected chi connectivity index (χ0v) is 6.78. The number of aliphatic imine (C=N–C) groups is 1. The molecule has 0 spiro atoms. The molecule has 0 aliphatic carbocycles. The van der Waals surface area contributed by atoms with E-state index in [-0.39, 0.29) is 6.02 Å². The van der Waals surface area contributed by atoms with Gasteiger partial charge in [0.25, 0.3) is 6.02 Å². The summed E-state index contributed by atoms with van der Waals surface area (Å²) in [4.78, 5) is 15.4. The van der Waals surface area contributed by atoms with Crippen LogP contribution in [-0.4, -0.2) is 31.0 Å². The van der Waals surface area contributed by atoms with Gasteiger partial charge in [0.1, 0.15) is 0 Å². The van der Waals surface area contributed by atoms with Crippen LogP contribution in [-0.2, 0) is 9.53 Å². The smallest absolute Gasteiger partial charge is 0.297 e. The van der Waals surface area contributed by atoms with E-state index in [4.69, 9.17) is 4.74 Å². The second-order valence-corrected chi connectivity index (χ2v) is 1.66. The average molecular weight is 156 g/mol. The summed E-state index contributed by atoms with van der Waals surface area (Å²) >= 11 is 0. The molecule has 0 atom stereocenters. The third-order valence-corrected chi connectivity index (χ3v) is 1.01. The third-order valence-electron chi connectivity index (χ3n) is 1.01. The molecule has 0 aromatic carbocycles. The Balaban J connectivity index is 4.32. The highest BCUT2D eigenvalue weighted by atomic mass is 16.5. The number of nitrogens with zero attached hydrogens (tertiary/aromatic N) is 2. The lowest BCUT2D eigenvalue weighted by molar-refractivity contribution is -0.113. The van der Waals surface area contributed by atoms with Crippen molar-refractivity contribution in [2.45, 2.75) is 6.92 Å². The maximum absolute atomic E-state index is 10.3. The molecule has 62 valence electrons. The van der Waals surface area contributed by atoms with Crippen molar-refractivity contribution in [1.82, 2.24) is 4.90 Å². The molecule has 0 saturated carbocycles. The topological polar surface area (TPSA) is 41.9 Å². The van der Waals surface area contributed by atoms with E-state index in [1.54, 1.807) is 0 Å². The maximum atomic E-state index is 10.3. The number of carbonyl (C=O) groups excluding carboxylic acids is 1. The molecule has 0 aromatic rings. The normalized spacial score (nSPS) is 10.5. The van der Waals surface area contributed by atoms with E-state index in [1.165, 1.54) is 18.2 Å². The molecule has 11 heavy (non-hydrogen) atoms. The zero-order valence-electron chi connectivity index (χ0n) is 6.78. The van der Waals surface area contributed by atoms with Crippen LogP contribution in [0.2, 0.25) is 0 Å². The molecule has 0 heterocycles. The van der Waals surface area contributed by atoms with Crippen molar-refractivity contribution in [3.63, 3.8) is 0 Å². The average Bonchev–Trinajstić information content (AvgIpc) is 2.05. The molecule has 4 heteroatoms. The highest BCUT2D eigenvalue weighted by Gasteiger charge is 2.04. The molecule has 0 aliphatic heterocycles. The first-order valence-corrected chi connectivity index (χ1v) is 3.24. The van der Waals surface area contributed by atoms with Gasteiger partial charge in [-0.15, -0.1) is 0 Å². The van der Waals surface area contributed by atoms with Crippen molar-refractivity contribution in [2.75, 3.05) is 13.7 Å². The summed E-state index contributed by atoms with van der Waals surface area (Å²) in [6.07, 6.45) is 1.93. The van der Waals surface area contributed by atoms with Crippen molar-refractivity contribution < 1.29 is 9.53 Å². The first-order chi connectivity index (χ1) is 5.29. The summed E-state index contributed by atoms with van der Waals surface area (Å²) < 4.78 is 4.81. The molecular weight excluding hydrogens is 144 g/mol. The highest BCUT2D eigenvalue weighted by molar-refractivity contribution is 5.85. The van der Waals surface area contributed by atoms with Gasteiger partial charge in [-0.1, -0.05) is 6.58 Å². The fourth-order valence-corrected chi connectivity index (χ4v) is 0.553. The van der Waals surface area contributed by atoms with Crippen molar-refractivity contribution in [3.05, 3.63) is 12.8 Å². The molecule has 0 saturated heterocycles. The van der Waals surface area contributed by atoms with Gasteiger partial charge in [-0.25, -0.2) is 9.89 Å². The molecule has 0 unspecified atom stereocenters. The second kappa shape index (κ2) is 5.46. The standard InChI is InChI=1S/C7H12N2O2/c1-4-8-7(11-3)9(5-2)6-10/h5-6H,2,4H2,1,3H3. The lowest BCUT2D eigenvalue weighted by Crippen LogP contribution is -2.25. The van der Waals surface area contributed by atoms with Crippen LogP contribution in [0, 0.1) is 0 Å². The van der Waals surface area contributed by atoms with Crippen LogP contribution < -0.4 is 0 Å². The summed E-state index contributed by atoms with van der Waals surface area (Å²) in [7, 11) is 1.45. The van der Waals surface area contributed by atoms with Crippen molar-refractivity contribution in [3.8, 4) is 0 Å². The molecule has 0 radical (unpaired) electrons. The Hall–Kier alpha value is -1.32. The molecular formula is C7H12N2O2. The lowest BCUT2D eigenvalue weighted by atomic mass is 10.7. The number of ether oxygens (including phenoxy) is 1. The number of rotatable bonds is 3. The van der Waals surface area contributed by atoms with Gasteiger partial charge in [0, 0.05) is 12.7 Å². The van der Waals surface area contributed by atoms with Crippen LogP contribution in [0.25, 0.3) is 0 Å². The predicted molar refractivity (Wildman–Crippen MR) is 43.1 cm³/mol. The van der Waals surface area contributed by atoms with Gasteiger partial charge in [-0.05, 0) is 6.92 Å². The lowest BCUT2D eigenvalue weighted by Gasteiger charge is -2.11. The van der Waals surface area contributed by atoms with Crippen LogP contribution in [0.4, 0.5) is 0 Å². The summed E-state index contributed by atoms with van der Waals surface area (Å²) in [6.45, 7) is 5.84. The van der Waals surface area contributed by atoms with E-state index < -0.39 is 0 Å². The molecule has 0 bridgehead atoms. The van der Waals surface area contributed by atoms with E-state index >= 15 is 0 Å². The molecule has 0 N–H and O–H groups in total. The number of methoxy groups -OCH3 is 1. The van der Waals surface area contributed by atoms with Gasteiger partial charge in [0.05, 0.1) is 7.11 Å². The minimum absolute atomic E-state index is 0.262. The number of amides is 1. The fourth-order valence-electron chi connectivity index (χ4n) is 0.553. The summed E-state index contributed by atoms with van der Waals surface area (Å²) in [5, 5.41) is 0. The number of amidine groups is 1. The van der Waals surface area contributed by atoms with Gasteiger partial charge in [0.2, 0.25) is 6.41 Å². The number of hydrogen-bond acceptors (Lipinski definition) is 3. The van der Waals surface area contributed by atoms with Crippen LogP contribution in [0.3, 0.4) is 0 Å². The summed E-state index contributed by atoms with van der Waals surface area (Å²) in [6, 6.07) is 0.262. The molecule has 0 rings (SSSR count). The second-order valence-electron chi connectivity index (χ2n) is 1.66. The Bertz CT molecular complexity index is 158. The van der Waals surface area contributed by atoms with E-state index in [0.29, 0.717) is 13.0 Å². The minimum Gasteiger partial charge on any atom is -0.468 e. The predicted octanol–water partition coefficient (Wildman–Crippen LogP) is 0.611. The van der Waals surface area contributed by atoms with Gasteiger partial charge in [0.15, 0.2) is 0 Å². The third kappa shape index (κ3) is 2.84. The van der Waals surface area contributed by atoms with Gasteiger partial charge in [-0.2, -0.15) is 0 Å². The van der Waals surface area contributed by atoms with Crippen LogP contribution in [0.5, 0.6) is 0 Å². The largest absolute Gasteiger partial charge is 0.468 e. The zero-order chi connectivity index (χ0) is 8.69. The van der Waals surface area contributed by atoms with Gasteiger partial charge in [-0.3, -0.25) is 4.79 Å². The number of carbonyl (C=O) groups is 1. The van der Waals surface area contributed by atoms with E-state index in [1.807, 2.05) is 6.92 Å². The van der Waals surface area contributed by atoms with Crippen LogP contribution in [0.15, 0.2) is 17.8 Å². The quantitative estimate of drug-likeness (QED) is 0.341. The molecule has 0 aromatic heterocycles. The highest BCUT2D eigenvalue weighted by Crippen LogP contribution is 1.89. The Morgan fingerprint density at radius 2 is 2.45 bits per heavy atom. The summed E-state index contributed by atoms with van der Waals surface area (Å²) in [5.41, 5.74) is 0. The van der Waals surface area contributed by atoms with Crippen LogP contribution in [0.1, 0.15) is 6.92 Å². The first kappa shape index (κ1) is 9.68. The molecule has 0 fully saturated rings. The number of hydrogen-bond donors (Lipinski definition) is 0. The maximum Gasteiger partial charge on any atom is 0.297 e. The Morgan fingerprint density at radius 1 is 1.82 bits per heavy atom. The van der Waals surface area contributed by atoms with Crippen molar-refractivity contribution in [1.29, 1.82) is 0 Å². The van der Waals surface area contributed by atoms with Crippen LogP contribution >= 0.6 is 0 Å². The fraction of sp³-hybridized carbons (Fsp3) is 0.429. The van der Waals surface area contributed by atoms with Gasteiger partial charge < -0.3 is 4.74 Å². The monoisotopic (exact) mass is 156 g/mol. The first-order valence-electron chi connectivity index (χ1n) is 3.24. The Kier molecular flexibility index (Phi) is 4.81. The SMILES string of the molecule is C=CN(C=O)C(=NCC)OC. The molecule has 1 amide bonds. The van der Waals surface area contributed by atoms with E-state index in [2.05, 4.69) is 11.6 Å². The molecule has 4 nitrogen and oxygen atoms in total. The van der Waals surface area contributed by atoms with E-state index in [9.17, 15) is 4.79 Å². The summed E-state index contributed by atoms with van der Waals surface area (Å²) in [5.74, 6) is 0. The molecule has 0 aliphatic rings. The van der Waals surface area contributed by atoms with Crippen molar-refractivity contribution in [2.24, 2.45) is 4.99 Å². The van der Waals surface area contributed by atoms with Crippen molar-refractivity contribution >= 4 is 12.4 Å². The Labute approximate surface area is 66.2 Å². The van der Waals surface area contributed by atoms with Gasteiger partial charge >= 0.3 is 0 Å². The minimum atomic E-state index is 0.262. The van der Waals surface area contributed by atoms with E-state index in [0.717, 1.165) is 0 Å².